The van der Waals surface area contributed by atoms with Crippen LogP contribution in [0.15, 0.2) is 24.3 Å². The number of nitriles is 1. The van der Waals surface area contributed by atoms with E-state index in [9.17, 15) is 4.79 Å². The van der Waals surface area contributed by atoms with Gasteiger partial charge in [-0.15, -0.1) is 0 Å². The summed E-state index contributed by atoms with van der Waals surface area (Å²) >= 11 is 6.12. The summed E-state index contributed by atoms with van der Waals surface area (Å²) in [6.45, 7) is 1.91. The summed E-state index contributed by atoms with van der Waals surface area (Å²) in [5.41, 5.74) is 2.37. The molecule has 90 valence electrons. The van der Waals surface area contributed by atoms with Gasteiger partial charge in [-0.05, 0) is 30.7 Å². The van der Waals surface area contributed by atoms with Crippen LogP contribution in [-0.4, -0.2) is 16.1 Å². The highest BCUT2D eigenvalue weighted by atomic mass is 35.5. The van der Waals surface area contributed by atoms with Crippen molar-refractivity contribution in [1.29, 1.82) is 5.26 Å². The molecule has 0 aliphatic heterocycles. The summed E-state index contributed by atoms with van der Waals surface area (Å²) in [5, 5.41) is 13.3. The van der Waals surface area contributed by atoms with Crippen LogP contribution in [0.2, 0.25) is 5.15 Å². The van der Waals surface area contributed by atoms with Crippen LogP contribution >= 0.6 is 11.6 Å². The van der Waals surface area contributed by atoms with Gasteiger partial charge in [0.25, 0.3) is 0 Å². The second-order valence-corrected chi connectivity index (χ2v) is 4.05. The Kier molecular flexibility index (Phi) is 3.45. The normalized spacial score (nSPS) is 10.1. The number of benzene rings is 1. The standard InChI is InChI=1S/C13H10ClN3O/c1-2-12-11(8-18)13(14)17(16-12)10-5-3-9(7-15)4-6-10/h3-6,8H,2H2,1H3. The van der Waals surface area contributed by atoms with E-state index in [-0.39, 0.29) is 0 Å². The lowest BCUT2D eigenvalue weighted by Gasteiger charge is -2.02. The van der Waals surface area contributed by atoms with E-state index in [2.05, 4.69) is 5.10 Å². The molecule has 4 nitrogen and oxygen atoms in total. The van der Waals surface area contributed by atoms with Gasteiger partial charge in [0.05, 0.1) is 28.6 Å². The first-order valence-electron chi connectivity index (χ1n) is 5.44. The molecule has 0 fully saturated rings. The van der Waals surface area contributed by atoms with Gasteiger partial charge in [0.1, 0.15) is 5.15 Å². The maximum Gasteiger partial charge on any atom is 0.155 e. The Bertz CT molecular complexity index is 623. The third kappa shape index (κ3) is 2.01. The number of aryl methyl sites for hydroxylation is 1. The van der Waals surface area contributed by atoms with Gasteiger partial charge in [0.2, 0.25) is 0 Å². The average Bonchev–Trinajstić information content (AvgIpc) is 2.75. The van der Waals surface area contributed by atoms with E-state index in [1.165, 1.54) is 4.68 Å². The number of carbonyl (C=O) groups excluding carboxylic acids is 1. The molecule has 0 atom stereocenters. The summed E-state index contributed by atoms with van der Waals surface area (Å²) in [6.07, 6.45) is 1.35. The highest BCUT2D eigenvalue weighted by Crippen LogP contribution is 2.22. The third-order valence-electron chi connectivity index (χ3n) is 2.63. The van der Waals surface area contributed by atoms with E-state index in [1.807, 2.05) is 13.0 Å². The lowest BCUT2D eigenvalue weighted by Crippen LogP contribution is -1.97. The topological polar surface area (TPSA) is 58.7 Å². The monoisotopic (exact) mass is 259 g/mol. The SMILES string of the molecule is CCc1nn(-c2ccc(C#N)cc2)c(Cl)c1C=O. The Morgan fingerprint density at radius 2 is 2.11 bits per heavy atom. The highest BCUT2D eigenvalue weighted by Gasteiger charge is 2.15. The molecule has 1 aromatic heterocycles. The van der Waals surface area contributed by atoms with E-state index in [1.54, 1.807) is 24.3 Å². The molecule has 0 saturated carbocycles. The van der Waals surface area contributed by atoms with E-state index in [0.29, 0.717) is 34.7 Å². The van der Waals surface area contributed by atoms with Crippen LogP contribution < -0.4 is 0 Å². The minimum atomic E-state index is 0.298. The van der Waals surface area contributed by atoms with Crippen LogP contribution in [0.5, 0.6) is 0 Å². The Hall–Kier alpha value is -2.12. The number of halogens is 1. The van der Waals surface area contributed by atoms with Crippen LogP contribution in [0, 0.1) is 11.3 Å². The third-order valence-corrected chi connectivity index (χ3v) is 3.00. The summed E-state index contributed by atoms with van der Waals surface area (Å²) in [6, 6.07) is 8.88. The van der Waals surface area contributed by atoms with Crippen molar-refractivity contribution >= 4 is 17.9 Å². The molecule has 0 bridgehead atoms. The summed E-state index contributed by atoms with van der Waals surface area (Å²) in [5.74, 6) is 0. The van der Waals surface area contributed by atoms with Crippen molar-refractivity contribution in [3.8, 4) is 11.8 Å². The molecule has 0 radical (unpaired) electrons. The molecule has 0 amide bonds. The average molecular weight is 260 g/mol. The molecule has 2 aromatic rings. The van der Waals surface area contributed by atoms with Gasteiger partial charge in [-0.25, -0.2) is 4.68 Å². The van der Waals surface area contributed by atoms with Crippen molar-refractivity contribution in [3.63, 3.8) is 0 Å². The first-order chi connectivity index (χ1) is 8.71. The van der Waals surface area contributed by atoms with E-state index >= 15 is 0 Å². The maximum absolute atomic E-state index is 11.0. The molecule has 0 aliphatic rings. The second-order valence-electron chi connectivity index (χ2n) is 3.69. The van der Waals surface area contributed by atoms with Crippen LogP contribution in [0.3, 0.4) is 0 Å². The Balaban J connectivity index is 2.53. The number of aldehydes is 1. The fraction of sp³-hybridized carbons (Fsp3) is 0.154. The second kappa shape index (κ2) is 5.03. The van der Waals surface area contributed by atoms with Gasteiger partial charge in [0.15, 0.2) is 6.29 Å². The molecule has 0 spiro atoms. The fourth-order valence-electron chi connectivity index (χ4n) is 1.68. The molecule has 2 rings (SSSR count). The predicted molar refractivity (Wildman–Crippen MR) is 68.1 cm³/mol. The lowest BCUT2D eigenvalue weighted by atomic mass is 10.2. The molecule has 0 aliphatic carbocycles. The van der Waals surface area contributed by atoms with Crippen molar-refractivity contribution in [3.05, 3.63) is 46.2 Å². The maximum atomic E-state index is 11.0. The van der Waals surface area contributed by atoms with Crippen molar-refractivity contribution in [2.24, 2.45) is 0 Å². The number of aromatic nitrogens is 2. The zero-order valence-corrected chi connectivity index (χ0v) is 10.5. The van der Waals surface area contributed by atoms with Crippen LogP contribution in [0.4, 0.5) is 0 Å². The number of hydrogen-bond donors (Lipinski definition) is 0. The molecular weight excluding hydrogens is 250 g/mol. The minimum Gasteiger partial charge on any atom is -0.298 e. The van der Waals surface area contributed by atoms with Crippen molar-refractivity contribution in [1.82, 2.24) is 9.78 Å². The Morgan fingerprint density at radius 1 is 1.44 bits per heavy atom. The van der Waals surface area contributed by atoms with Crippen LogP contribution in [0.1, 0.15) is 28.5 Å². The summed E-state index contributed by atoms with van der Waals surface area (Å²) in [4.78, 5) is 11.0. The van der Waals surface area contributed by atoms with Crippen molar-refractivity contribution in [2.45, 2.75) is 13.3 Å². The largest absolute Gasteiger partial charge is 0.298 e. The molecule has 0 saturated heterocycles. The zero-order chi connectivity index (χ0) is 13.1. The summed E-state index contributed by atoms with van der Waals surface area (Å²) < 4.78 is 1.51. The Labute approximate surface area is 109 Å². The molecule has 0 unspecified atom stereocenters. The number of hydrogen-bond acceptors (Lipinski definition) is 3. The molecule has 1 heterocycles. The van der Waals surface area contributed by atoms with Gasteiger partial charge in [0, 0.05) is 0 Å². The Morgan fingerprint density at radius 3 is 2.56 bits per heavy atom. The van der Waals surface area contributed by atoms with Crippen LogP contribution in [-0.2, 0) is 6.42 Å². The molecule has 0 N–H and O–H groups in total. The first-order valence-corrected chi connectivity index (χ1v) is 5.82. The highest BCUT2D eigenvalue weighted by molar-refractivity contribution is 6.32. The van der Waals surface area contributed by atoms with Gasteiger partial charge in [-0.1, -0.05) is 18.5 Å². The smallest absolute Gasteiger partial charge is 0.155 e. The van der Waals surface area contributed by atoms with Gasteiger partial charge in [-0.3, -0.25) is 4.79 Å². The zero-order valence-electron chi connectivity index (χ0n) is 9.72. The van der Waals surface area contributed by atoms with Crippen molar-refractivity contribution < 1.29 is 4.79 Å². The molecule has 5 heteroatoms. The van der Waals surface area contributed by atoms with Gasteiger partial charge in [-0.2, -0.15) is 10.4 Å². The molecular formula is C13H10ClN3O. The van der Waals surface area contributed by atoms with Gasteiger partial charge < -0.3 is 0 Å². The quantitative estimate of drug-likeness (QED) is 0.797. The predicted octanol–water partition coefficient (Wildman–Crippen LogP) is 2.77. The van der Waals surface area contributed by atoms with Gasteiger partial charge >= 0.3 is 0 Å². The van der Waals surface area contributed by atoms with E-state index in [4.69, 9.17) is 16.9 Å². The first kappa shape index (κ1) is 12.3. The summed E-state index contributed by atoms with van der Waals surface area (Å²) in [7, 11) is 0. The fourth-order valence-corrected chi connectivity index (χ4v) is 1.97. The number of carbonyl (C=O) groups is 1. The van der Waals surface area contributed by atoms with E-state index in [0.717, 1.165) is 5.69 Å². The lowest BCUT2D eigenvalue weighted by molar-refractivity contribution is 0.112. The minimum absolute atomic E-state index is 0.298. The van der Waals surface area contributed by atoms with Crippen LogP contribution in [0.25, 0.3) is 5.69 Å². The molecule has 18 heavy (non-hydrogen) atoms. The number of nitrogens with zero attached hydrogens (tertiary/aromatic N) is 3. The number of rotatable bonds is 3. The molecule has 1 aromatic carbocycles. The van der Waals surface area contributed by atoms with E-state index < -0.39 is 0 Å². The van der Waals surface area contributed by atoms with Crippen molar-refractivity contribution in [2.75, 3.05) is 0 Å².